The highest BCUT2D eigenvalue weighted by atomic mass is 16.2. The molecule has 0 bridgehead atoms. The largest absolute Gasteiger partial charge is 0.359 e. The van der Waals surface area contributed by atoms with Crippen LogP contribution in [0.25, 0.3) is 0 Å². The molecule has 0 aromatic rings. The number of nitrogens with zero attached hydrogens (tertiary/aromatic N) is 1. The number of hydrogen-bond acceptors (Lipinski definition) is 3. The molecule has 0 fully saturated rings. The molecule has 0 unspecified atom stereocenters. The molecule has 0 heterocycles. The minimum atomic E-state index is -0.523. The maximum Gasteiger partial charge on any atom is 0.227 e. The monoisotopic (exact) mass is 155 g/mol. The summed E-state index contributed by atoms with van der Waals surface area (Å²) >= 11 is 0. The minimum absolute atomic E-state index is 0.0692. The lowest BCUT2D eigenvalue weighted by atomic mass is 9.92. The zero-order valence-corrected chi connectivity index (χ0v) is 7.06. The first-order chi connectivity index (χ1) is 5.04. The van der Waals surface area contributed by atoms with Gasteiger partial charge in [0, 0.05) is 13.6 Å². The molecule has 4 nitrogen and oxygen atoms in total. The highest BCUT2D eigenvalue weighted by Crippen LogP contribution is 2.12. The van der Waals surface area contributed by atoms with Crippen LogP contribution in [0, 0.1) is 16.9 Å². The second-order valence-corrected chi connectivity index (χ2v) is 2.93. The van der Waals surface area contributed by atoms with E-state index in [2.05, 4.69) is 10.6 Å². The number of rotatable bonds is 3. The molecular formula is C7H13N3O. The molecule has 1 amide bonds. The molecule has 0 saturated carbocycles. The van der Waals surface area contributed by atoms with Gasteiger partial charge in [-0.1, -0.05) is 0 Å². The third-order valence-electron chi connectivity index (χ3n) is 1.45. The standard InChI is InChI=1S/C7H13N3O/c1-7(2,4-10-5-8)6(11)9-3/h10H,4H2,1-3H3,(H,9,11). The summed E-state index contributed by atoms with van der Waals surface area (Å²) in [5.74, 6) is -0.0692. The Morgan fingerprint density at radius 2 is 2.18 bits per heavy atom. The number of carbonyl (C=O) groups is 1. The Morgan fingerprint density at radius 3 is 2.55 bits per heavy atom. The number of nitrogens with one attached hydrogen (secondary N) is 2. The SMILES string of the molecule is CNC(=O)C(C)(C)CNC#N. The Labute approximate surface area is 66.6 Å². The van der Waals surface area contributed by atoms with Crippen molar-refractivity contribution in [3.05, 3.63) is 0 Å². The van der Waals surface area contributed by atoms with Crippen molar-refractivity contribution >= 4 is 5.91 Å². The van der Waals surface area contributed by atoms with E-state index in [1.807, 2.05) is 0 Å². The lowest BCUT2D eigenvalue weighted by Gasteiger charge is -2.20. The van der Waals surface area contributed by atoms with Crippen LogP contribution in [0.2, 0.25) is 0 Å². The zero-order chi connectivity index (χ0) is 8.91. The second kappa shape index (κ2) is 3.81. The smallest absolute Gasteiger partial charge is 0.227 e. The molecule has 62 valence electrons. The predicted molar refractivity (Wildman–Crippen MR) is 41.5 cm³/mol. The van der Waals surface area contributed by atoms with E-state index in [1.165, 1.54) is 0 Å². The fourth-order valence-corrected chi connectivity index (χ4v) is 0.679. The van der Waals surface area contributed by atoms with Crippen LogP contribution in [0.4, 0.5) is 0 Å². The highest BCUT2D eigenvalue weighted by Gasteiger charge is 2.25. The first-order valence-electron chi connectivity index (χ1n) is 3.38. The molecule has 0 aromatic heterocycles. The summed E-state index contributed by atoms with van der Waals surface area (Å²) in [6, 6.07) is 0. The van der Waals surface area contributed by atoms with E-state index in [-0.39, 0.29) is 5.91 Å². The summed E-state index contributed by atoms with van der Waals surface area (Å²) in [5, 5.41) is 13.2. The molecule has 2 N–H and O–H groups in total. The molecular weight excluding hydrogens is 142 g/mol. The average molecular weight is 155 g/mol. The summed E-state index contributed by atoms with van der Waals surface area (Å²) in [7, 11) is 1.58. The van der Waals surface area contributed by atoms with Gasteiger partial charge < -0.3 is 10.6 Å². The zero-order valence-electron chi connectivity index (χ0n) is 7.06. The van der Waals surface area contributed by atoms with Crippen LogP contribution < -0.4 is 10.6 Å². The van der Waals surface area contributed by atoms with Gasteiger partial charge in [-0.15, -0.1) is 0 Å². The van der Waals surface area contributed by atoms with Crippen molar-refractivity contribution in [3.8, 4) is 6.19 Å². The lowest BCUT2D eigenvalue weighted by molar-refractivity contribution is -0.128. The summed E-state index contributed by atoms with van der Waals surface area (Å²) in [5.41, 5.74) is -0.523. The number of amides is 1. The van der Waals surface area contributed by atoms with Gasteiger partial charge in [-0.3, -0.25) is 4.79 Å². The molecule has 4 heteroatoms. The Bertz CT molecular complexity index is 181. The van der Waals surface area contributed by atoms with Crippen LogP contribution in [0.3, 0.4) is 0 Å². The molecule has 0 radical (unpaired) electrons. The van der Waals surface area contributed by atoms with Gasteiger partial charge in [0.1, 0.15) is 0 Å². The predicted octanol–water partition coefficient (Wildman–Crippen LogP) is -0.171. The van der Waals surface area contributed by atoms with Gasteiger partial charge in [0.25, 0.3) is 0 Å². The summed E-state index contributed by atoms with van der Waals surface area (Å²) in [4.78, 5) is 11.1. The summed E-state index contributed by atoms with van der Waals surface area (Å²) in [6.45, 7) is 3.91. The quantitative estimate of drug-likeness (QED) is 0.439. The molecule has 0 rings (SSSR count). The van der Waals surface area contributed by atoms with E-state index >= 15 is 0 Å². The molecule has 0 aliphatic carbocycles. The normalized spacial score (nSPS) is 10.0. The number of hydrogen-bond donors (Lipinski definition) is 2. The van der Waals surface area contributed by atoms with Crippen LogP contribution >= 0.6 is 0 Å². The maximum atomic E-state index is 11.1. The molecule has 0 aromatic carbocycles. The second-order valence-electron chi connectivity index (χ2n) is 2.93. The Hall–Kier alpha value is -1.24. The Morgan fingerprint density at radius 1 is 1.64 bits per heavy atom. The maximum absolute atomic E-state index is 11.1. The molecule has 0 saturated heterocycles. The Kier molecular flexibility index (Phi) is 3.38. The van der Waals surface area contributed by atoms with Gasteiger partial charge in [-0.25, -0.2) is 0 Å². The third kappa shape index (κ3) is 2.89. The molecule has 0 aliphatic rings. The Balaban J connectivity index is 4.01. The average Bonchev–Trinajstić information content (AvgIpc) is 1.99. The van der Waals surface area contributed by atoms with Crippen LogP contribution in [0.1, 0.15) is 13.8 Å². The summed E-state index contributed by atoms with van der Waals surface area (Å²) in [6.07, 6.45) is 1.77. The van der Waals surface area contributed by atoms with Crippen LogP contribution in [0.15, 0.2) is 0 Å². The van der Waals surface area contributed by atoms with Crippen molar-refractivity contribution in [2.45, 2.75) is 13.8 Å². The van der Waals surface area contributed by atoms with Crippen molar-refractivity contribution < 1.29 is 4.79 Å². The van der Waals surface area contributed by atoms with Crippen molar-refractivity contribution in [3.63, 3.8) is 0 Å². The van der Waals surface area contributed by atoms with Crippen molar-refractivity contribution in [2.75, 3.05) is 13.6 Å². The van der Waals surface area contributed by atoms with E-state index in [0.717, 1.165) is 0 Å². The molecule has 0 spiro atoms. The topological polar surface area (TPSA) is 64.9 Å². The third-order valence-corrected chi connectivity index (χ3v) is 1.45. The fourth-order valence-electron chi connectivity index (χ4n) is 0.679. The first kappa shape index (κ1) is 9.76. The highest BCUT2D eigenvalue weighted by molar-refractivity contribution is 5.81. The summed E-state index contributed by atoms with van der Waals surface area (Å²) < 4.78 is 0. The minimum Gasteiger partial charge on any atom is -0.359 e. The van der Waals surface area contributed by atoms with E-state index in [0.29, 0.717) is 6.54 Å². The van der Waals surface area contributed by atoms with Crippen molar-refractivity contribution in [1.82, 2.24) is 10.6 Å². The van der Waals surface area contributed by atoms with Crippen LogP contribution in [0.5, 0.6) is 0 Å². The number of carbonyl (C=O) groups excluding carboxylic acids is 1. The van der Waals surface area contributed by atoms with Crippen molar-refractivity contribution in [2.24, 2.45) is 5.41 Å². The van der Waals surface area contributed by atoms with Gasteiger partial charge >= 0.3 is 0 Å². The van der Waals surface area contributed by atoms with E-state index in [4.69, 9.17) is 5.26 Å². The van der Waals surface area contributed by atoms with E-state index < -0.39 is 5.41 Å². The van der Waals surface area contributed by atoms with E-state index in [1.54, 1.807) is 27.1 Å². The fraction of sp³-hybridized carbons (Fsp3) is 0.714. The molecule has 0 aliphatic heterocycles. The van der Waals surface area contributed by atoms with Gasteiger partial charge in [0.05, 0.1) is 5.41 Å². The molecule has 0 atom stereocenters. The van der Waals surface area contributed by atoms with Crippen molar-refractivity contribution in [1.29, 1.82) is 5.26 Å². The molecule has 11 heavy (non-hydrogen) atoms. The van der Waals surface area contributed by atoms with Crippen LogP contribution in [-0.4, -0.2) is 19.5 Å². The van der Waals surface area contributed by atoms with Gasteiger partial charge in [0.2, 0.25) is 5.91 Å². The van der Waals surface area contributed by atoms with Gasteiger partial charge in [-0.05, 0) is 13.8 Å². The number of nitriles is 1. The van der Waals surface area contributed by atoms with E-state index in [9.17, 15) is 4.79 Å². The van der Waals surface area contributed by atoms with Crippen LogP contribution in [-0.2, 0) is 4.79 Å². The van der Waals surface area contributed by atoms with Gasteiger partial charge in [-0.2, -0.15) is 5.26 Å². The first-order valence-corrected chi connectivity index (χ1v) is 3.38. The van der Waals surface area contributed by atoms with Gasteiger partial charge in [0.15, 0.2) is 6.19 Å². The lowest BCUT2D eigenvalue weighted by Crippen LogP contribution is -2.40.